The molecular weight excluding hydrogens is 244 g/mol. The Morgan fingerprint density at radius 1 is 1.00 bits per heavy atom. The average molecular weight is 258 g/mol. The fourth-order valence-corrected chi connectivity index (χ4v) is 1.72. The first-order chi connectivity index (χ1) is 8.75. The molecule has 0 saturated heterocycles. The number of nitrogens with zero attached hydrogens (tertiary/aromatic N) is 3. The molecule has 0 fully saturated rings. The predicted octanol–water partition coefficient (Wildman–Crippen LogP) is 1.72. The molecule has 2 rings (SSSR count). The van der Waals surface area contributed by atoms with E-state index in [2.05, 4.69) is 9.97 Å². The van der Waals surface area contributed by atoms with Crippen LogP contribution in [0, 0.1) is 0 Å². The Kier molecular flexibility index (Phi) is 4.20. The first-order valence-corrected chi connectivity index (χ1v) is 6.01. The molecule has 4 nitrogen and oxygen atoms in total. The highest BCUT2D eigenvalue weighted by Gasteiger charge is 2.09. The zero-order valence-corrected chi connectivity index (χ0v) is 10.7. The van der Waals surface area contributed by atoms with Crippen molar-refractivity contribution in [3.05, 3.63) is 60.2 Å². The summed E-state index contributed by atoms with van der Waals surface area (Å²) in [5.74, 6) is 0. The summed E-state index contributed by atoms with van der Waals surface area (Å²) < 4.78 is 0. The van der Waals surface area contributed by atoms with E-state index < -0.39 is 0 Å². The first-order valence-electron chi connectivity index (χ1n) is 5.60. The third-order valence-corrected chi connectivity index (χ3v) is 2.73. The molecule has 0 saturated carbocycles. The van der Waals surface area contributed by atoms with Crippen molar-refractivity contribution in [2.75, 3.05) is 0 Å². The van der Waals surface area contributed by atoms with Crippen molar-refractivity contribution in [3.63, 3.8) is 0 Å². The van der Waals surface area contributed by atoms with Crippen molar-refractivity contribution in [1.82, 2.24) is 14.9 Å². The van der Waals surface area contributed by atoms with Crippen molar-refractivity contribution >= 4 is 17.3 Å². The summed E-state index contributed by atoms with van der Waals surface area (Å²) in [6.07, 6.45) is 3.52. The number of nitrogens with two attached hydrogens (primary N) is 1. The number of hydrogen-bond acceptors (Lipinski definition) is 3. The lowest BCUT2D eigenvalue weighted by Crippen LogP contribution is -2.34. The maximum Gasteiger partial charge on any atom is 0.166 e. The topological polar surface area (TPSA) is 55.0 Å². The third kappa shape index (κ3) is 3.49. The van der Waals surface area contributed by atoms with E-state index >= 15 is 0 Å². The van der Waals surface area contributed by atoms with Gasteiger partial charge in [-0.25, -0.2) is 0 Å². The van der Waals surface area contributed by atoms with Crippen molar-refractivity contribution in [3.8, 4) is 0 Å². The largest absolute Gasteiger partial charge is 0.376 e. The zero-order valence-electron chi connectivity index (χ0n) is 9.86. The van der Waals surface area contributed by atoms with Crippen LogP contribution in [0.15, 0.2) is 48.8 Å². The van der Waals surface area contributed by atoms with Gasteiger partial charge in [-0.15, -0.1) is 0 Å². The Morgan fingerprint density at radius 2 is 1.50 bits per heavy atom. The van der Waals surface area contributed by atoms with Crippen LogP contribution in [0.4, 0.5) is 0 Å². The van der Waals surface area contributed by atoms with Gasteiger partial charge in [0, 0.05) is 12.4 Å². The van der Waals surface area contributed by atoms with Gasteiger partial charge in [0.2, 0.25) is 0 Å². The molecule has 0 atom stereocenters. The normalized spacial score (nSPS) is 10.0. The summed E-state index contributed by atoms with van der Waals surface area (Å²) in [5, 5.41) is 0.353. The molecule has 0 bridgehead atoms. The monoisotopic (exact) mass is 258 g/mol. The summed E-state index contributed by atoms with van der Waals surface area (Å²) in [5.41, 5.74) is 7.60. The Bertz CT molecular complexity index is 459. The standard InChI is InChI=1S/C13H14N4S/c14-13(18)17(9-11-5-1-3-7-15-11)10-12-6-2-4-8-16-12/h1-8H,9-10H2,(H2,14,18). The molecule has 0 unspecified atom stereocenters. The van der Waals surface area contributed by atoms with Gasteiger partial charge in [-0.05, 0) is 36.5 Å². The Labute approximate surface area is 111 Å². The maximum absolute atomic E-state index is 5.73. The van der Waals surface area contributed by atoms with Gasteiger partial charge < -0.3 is 10.6 Å². The average Bonchev–Trinajstić information content (AvgIpc) is 2.40. The molecule has 0 amide bonds. The molecule has 92 valence electrons. The number of thiocarbonyl (C=S) groups is 1. The van der Waals surface area contributed by atoms with Crippen LogP contribution in [0.3, 0.4) is 0 Å². The molecule has 0 aliphatic carbocycles. The van der Waals surface area contributed by atoms with Crippen LogP contribution in [0.25, 0.3) is 0 Å². The van der Waals surface area contributed by atoms with Gasteiger partial charge in [-0.2, -0.15) is 0 Å². The minimum atomic E-state index is 0.353. The molecule has 18 heavy (non-hydrogen) atoms. The lowest BCUT2D eigenvalue weighted by molar-refractivity contribution is 0.399. The summed E-state index contributed by atoms with van der Waals surface area (Å²) >= 11 is 5.06. The zero-order chi connectivity index (χ0) is 12.8. The number of pyridine rings is 2. The van der Waals surface area contributed by atoms with Gasteiger partial charge in [-0.1, -0.05) is 12.1 Å². The second-order valence-electron chi connectivity index (χ2n) is 3.84. The van der Waals surface area contributed by atoms with Crippen LogP contribution in [0.1, 0.15) is 11.4 Å². The fourth-order valence-electron chi connectivity index (χ4n) is 1.59. The highest BCUT2D eigenvalue weighted by molar-refractivity contribution is 7.80. The summed E-state index contributed by atoms with van der Waals surface area (Å²) in [6.45, 7) is 1.18. The Balaban J connectivity index is 2.08. The van der Waals surface area contributed by atoms with E-state index in [9.17, 15) is 0 Å². The van der Waals surface area contributed by atoms with E-state index in [1.54, 1.807) is 12.4 Å². The predicted molar refractivity (Wildman–Crippen MR) is 74.5 cm³/mol. The molecule has 0 aliphatic heterocycles. The molecule has 5 heteroatoms. The lowest BCUT2D eigenvalue weighted by Gasteiger charge is -2.21. The Hall–Kier alpha value is -2.01. The van der Waals surface area contributed by atoms with Gasteiger partial charge in [0.15, 0.2) is 5.11 Å². The first kappa shape index (κ1) is 12.4. The number of aromatic nitrogens is 2. The van der Waals surface area contributed by atoms with E-state index in [-0.39, 0.29) is 0 Å². The second-order valence-corrected chi connectivity index (χ2v) is 4.25. The molecule has 2 aromatic heterocycles. The summed E-state index contributed by atoms with van der Waals surface area (Å²) in [7, 11) is 0. The van der Waals surface area contributed by atoms with Gasteiger partial charge >= 0.3 is 0 Å². The molecule has 0 aliphatic rings. The van der Waals surface area contributed by atoms with Gasteiger partial charge in [0.25, 0.3) is 0 Å². The summed E-state index contributed by atoms with van der Waals surface area (Å²) in [6, 6.07) is 11.6. The van der Waals surface area contributed by atoms with Crippen LogP contribution < -0.4 is 5.73 Å². The quantitative estimate of drug-likeness (QED) is 0.846. The fraction of sp³-hybridized carbons (Fsp3) is 0.154. The summed E-state index contributed by atoms with van der Waals surface area (Å²) in [4.78, 5) is 10.4. The van der Waals surface area contributed by atoms with E-state index in [1.165, 1.54) is 0 Å². The molecule has 0 spiro atoms. The minimum Gasteiger partial charge on any atom is -0.376 e. The molecular formula is C13H14N4S. The highest BCUT2D eigenvalue weighted by Crippen LogP contribution is 2.06. The maximum atomic E-state index is 5.73. The molecule has 2 aromatic rings. The Morgan fingerprint density at radius 3 is 1.83 bits per heavy atom. The van der Waals surface area contributed by atoms with Gasteiger partial charge in [-0.3, -0.25) is 9.97 Å². The van der Waals surface area contributed by atoms with Crippen LogP contribution in [-0.2, 0) is 13.1 Å². The van der Waals surface area contributed by atoms with E-state index in [0.717, 1.165) is 11.4 Å². The van der Waals surface area contributed by atoms with Gasteiger partial charge in [0.1, 0.15) is 0 Å². The van der Waals surface area contributed by atoms with Crippen LogP contribution in [0.5, 0.6) is 0 Å². The highest BCUT2D eigenvalue weighted by atomic mass is 32.1. The van der Waals surface area contributed by atoms with Gasteiger partial charge in [0.05, 0.1) is 24.5 Å². The van der Waals surface area contributed by atoms with Crippen LogP contribution >= 0.6 is 12.2 Å². The minimum absolute atomic E-state index is 0.353. The van der Waals surface area contributed by atoms with Crippen molar-refractivity contribution in [2.24, 2.45) is 5.73 Å². The molecule has 0 aromatic carbocycles. The van der Waals surface area contributed by atoms with Crippen LogP contribution in [0.2, 0.25) is 0 Å². The van der Waals surface area contributed by atoms with Crippen LogP contribution in [-0.4, -0.2) is 20.0 Å². The van der Waals surface area contributed by atoms with E-state index in [1.807, 2.05) is 41.3 Å². The molecule has 2 N–H and O–H groups in total. The second kappa shape index (κ2) is 6.07. The smallest absolute Gasteiger partial charge is 0.166 e. The number of hydrogen-bond donors (Lipinski definition) is 1. The SMILES string of the molecule is NC(=S)N(Cc1ccccn1)Cc1ccccn1. The third-order valence-electron chi connectivity index (χ3n) is 2.47. The lowest BCUT2D eigenvalue weighted by atomic mass is 10.3. The van der Waals surface area contributed by atoms with Crippen molar-refractivity contribution in [2.45, 2.75) is 13.1 Å². The van der Waals surface area contributed by atoms with E-state index in [4.69, 9.17) is 18.0 Å². The van der Waals surface area contributed by atoms with Crippen molar-refractivity contribution < 1.29 is 0 Å². The molecule has 2 heterocycles. The molecule has 0 radical (unpaired) electrons. The number of rotatable bonds is 4. The van der Waals surface area contributed by atoms with E-state index in [0.29, 0.717) is 18.2 Å². The van der Waals surface area contributed by atoms with Crippen molar-refractivity contribution in [1.29, 1.82) is 0 Å².